The lowest BCUT2D eigenvalue weighted by molar-refractivity contribution is 0.0692. The molecule has 1 aromatic rings. The molecule has 0 saturated heterocycles. The van der Waals surface area contributed by atoms with Crippen molar-refractivity contribution in [2.45, 2.75) is 11.8 Å². The Balaban J connectivity index is 3.47. The van der Waals surface area contributed by atoms with E-state index in [9.17, 15) is 13.2 Å². The molecule has 0 aliphatic heterocycles. The van der Waals surface area contributed by atoms with Crippen LogP contribution in [-0.2, 0) is 10.0 Å². The Labute approximate surface area is 111 Å². The predicted molar refractivity (Wildman–Crippen MR) is 71.1 cm³/mol. The fourth-order valence-electron chi connectivity index (χ4n) is 1.54. The number of sulfonamides is 1. The van der Waals surface area contributed by atoms with Gasteiger partial charge in [-0.2, -0.15) is 4.31 Å². The molecule has 0 saturated carbocycles. The molecule has 102 valence electrons. The number of carboxylic acids is 1. The van der Waals surface area contributed by atoms with Gasteiger partial charge in [-0.1, -0.05) is 12.8 Å². The summed E-state index contributed by atoms with van der Waals surface area (Å²) in [5.74, 6) is 0.888. The molecule has 1 aromatic carbocycles. The van der Waals surface area contributed by atoms with Crippen molar-refractivity contribution in [2.75, 3.05) is 18.8 Å². The van der Waals surface area contributed by atoms with Crippen LogP contribution in [0.5, 0.6) is 0 Å². The zero-order valence-electron chi connectivity index (χ0n) is 10.3. The van der Waals surface area contributed by atoms with E-state index >= 15 is 0 Å². The van der Waals surface area contributed by atoms with Gasteiger partial charge in [-0.25, -0.2) is 13.2 Å². The van der Waals surface area contributed by atoms with Crippen LogP contribution in [0.4, 0.5) is 5.69 Å². The largest absolute Gasteiger partial charge is 0.478 e. The summed E-state index contributed by atoms with van der Waals surface area (Å²) in [4.78, 5) is 10.7. The van der Waals surface area contributed by atoms with Gasteiger partial charge in [0.2, 0.25) is 10.0 Å². The van der Waals surface area contributed by atoms with Gasteiger partial charge in [-0.3, -0.25) is 0 Å². The van der Waals surface area contributed by atoms with Crippen LogP contribution < -0.4 is 5.73 Å². The van der Waals surface area contributed by atoms with Gasteiger partial charge in [-0.15, -0.1) is 6.42 Å². The lowest BCUT2D eigenvalue weighted by Crippen LogP contribution is -2.32. The van der Waals surface area contributed by atoms with Gasteiger partial charge in [0.1, 0.15) is 0 Å². The Morgan fingerprint density at radius 1 is 1.53 bits per heavy atom. The van der Waals surface area contributed by atoms with Gasteiger partial charge in [0, 0.05) is 12.2 Å². The van der Waals surface area contributed by atoms with Crippen molar-refractivity contribution in [1.29, 1.82) is 0 Å². The summed E-state index contributed by atoms with van der Waals surface area (Å²) in [5, 5.41) is 9.04. The molecule has 0 aliphatic carbocycles. The van der Waals surface area contributed by atoms with E-state index < -0.39 is 16.0 Å². The first-order valence-corrected chi connectivity index (χ1v) is 6.85. The first-order valence-electron chi connectivity index (χ1n) is 5.41. The van der Waals surface area contributed by atoms with Crippen LogP contribution in [0.3, 0.4) is 0 Å². The Hall–Kier alpha value is -2.04. The van der Waals surface area contributed by atoms with Gasteiger partial charge in [0.05, 0.1) is 17.0 Å². The second-order valence-corrected chi connectivity index (χ2v) is 5.60. The molecule has 0 unspecified atom stereocenters. The highest BCUT2D eigenvalue weighted by Gasteiger charge is 2.27. The van der Waals surface area contributed by atoms with Crippen molar-refractivity contribution in [3.05, 3.63) is 23.8 Å². The highest BCUT2D eigenvalue weighted by molar-refractivity contribution is 7.89. The molecule has 0 aromatic heterocycles. The minimum atomic E-state index is -3.98. The van der Waals surface area contributed by atoms with Crippen molar-refractivity contribution in [3.63, 3.8) is 0 Å². The van der Waals surface area contributed by atoms with E-state index in [2.05, 4.69) is 5.92 Å². The zero-order valence-corrected chi connectivity index (χ0v) is 11.1. The number of benzene rings is 1. The monoisotopic (exact) mass is 282 g/mol. The van der Waals surface area contributed by atoms with Gasteiger partial charge in [0.25, 0.3) is 0 Å². The predicted octanol–water partition coefficient (Wildman–Crippen LogP) is 0.611. The highest BCUT2D eigenvalue weighted by Crippen LogP contribution is 2.22. The fraction of sp³-hybridized carbons (Fsp3) is 0.250. The van der Waals surface area contributed by atoms with Crippen molar-refractivity contribution in [2.24, 2.45) is 0 Å². The molecule has 0 spiro atoms. The number of carboxylic acid groups (broad SMARTS) is 1. The maximum atomic E-state index is 12.3. The number of carbonyl (C=O) groups is 1. The summed E-state index contributed by atoms with van der Waals surface area (Å²) in [6.07, 6.45) is 5.11. The lowest BCUT2D eigenvalue weighted by atomic mass is 10.2. The SMILES string of the molecule is C#CCN(CC)S(=O)(=O)c1cc(N)ccc1C(=O)O. The number of terminal acetylenes is 1. The molecular formula is C12H14N2O4S. The second-order valence-electron chi connectivity index (χ2n) is 3.70. The Kier molecular flexibility index (Phi) is 4.53. The van der Waals surface area contributed by atoms with Crippen LogP contribution in [0.2, 0.25) is 0 Å². The molecule has 0 radical (unpaired) electrons. The number of nitrogens with two attached hydrogens (primary N) is 1. The minimum absolute atomic E-state index is 0.132. The maximum absolute atomic E-state index is 12.3. The quantitative estimate of drug-likeness (QED) is 0.608. The average Bonchev–Trinajstić information content (AvgIpc) is 2.35. The summed E-state index contributed by atoms with van der Waals surface area (Å²) < 4.78 is 25.7. The second kappa shape index (κ2) is 5.73. The van der Waals surface area contributed by atoms with E-state index in [-0.39, 0.29) is 29.2 Å². The molecule has 0 heterocycles. The zero-order chi connectivity index (χ0) is 14.6. The van der Waals surface area contributed by atoms with Crippen LogP contribution in [-0.4, -0.2) is 36.9 Å². The van der Waals surface area contributed by atoms with E-state index in [1.165, 1.54) is 6.07 Å². The minimum Gasteiger partial charge on any atom is -0.478 e. The summed E-state index contributed by atoms with van der Waals surface area (Å²) in [7, 11) is -3.98. The number of aromatic carboxylic acids is 1. The Bertz CT molecular complexity index is 632. The summed E-state index contributed by atoms with van der Waals surface area (Å²) >= 11 is 0. The van der Waals surface area contributed by atoms with Gasteiger partial charge in [-0.05, 0) is 18.2 Å². The molecule has 1 rings (SSSR count). The molecule has 0 aliphatic rings. The standard InChI is InChI=1S/C12H14N2O4S/c1-3-7-14(4-2)19(17,18)11-8-9(13)5-6-10(11)12(15)16/h1,5-6,8H,4,7,13H2,2H3,(H,15,16). The van der Waals surface area contributed by atoms with Gasteiger partial charge < -0.3 is 10.8 Å². The summed E-state index contributed by atoms with van der Waals surface area (Å²) in [6.45, 7) is 1.62. The number of nitrogens with zero attached hydrogens (tertiary/aromatic N) is 1. The molecule has 3 N–H and O–H groups in total. The molecule has 0 atom stereocenters. The van der Waals surface area contributed by atoms with Crippen molar-refractivity contribution < 1.29 is 18.3 Å². The van der Waals surface area contributed by atoms with Crippen LogP contribution in [0.15, 0.2) is 23.1 Å². The molecule has 0 fully saturated rings. The van der Waals surface area contributed by atoms with Crippen LogP contribution >= 0.6 is 0 Å². The summed E-state index contributed by atoms with van der Waals surface area (Å²) in [5.41, 5.74) is 5.36. The van der Waals surface area contributed by atoms with Crippen LogP contribution in [0.1, 0.15) is 17.3 Å². The Morgan fingerprint density at radius 3 is 2.63 bits per heavy atom. The number of rotatable bonds is 5. The van der Waals surface area contributed by atoms with E-state index in [4.69, 9.17) is 17.3 Å². The van der Waals surface area contributed by atoms with Crippen LogP contribution in [0, 0.1) is 12.3 Å². The normalized spacial score (nSPS) is 11.2. The van der Waals surface area contributed by atoms with Crippen molar-refractivity contribution >= 4 is 21.7 Å². The molecular weight excluding hydrogens is 268 g/mol. The van der Waals surface area contributed by atoms with Crippen LogP contribution in [0.25, 0.3) is 0 Å². The lowest BCUT2D eigenvalue weighted by Gasteiger charge is -2.19. The number of hydrogen-bond donors (Lipinski definition) is 2. The fourth-order valence-corrected chi connectivity index (χ4v) is 3.12. The molecule has 19 heavy (non-hydrogen) atoms. The summed E-state index contributed by atoms with van der Waals surface area (Å²) in [6, 6.07) is 3.62. The maximum Gasteiger partial charge on any atom is 0.337 e. The topological polar surface area (TPSA) is 101 Å². The smallest absolute Gasteiger partial charge is 0.337 e. The van der Waals surface area contributed by atoms with E-state index in [0.717, 1.165) is 16.4 Å². The van der Waals surface area contributed by atoms with Gasteiger partial charge in [0.15, 0.2) is 0 Å². The third-order valence-electron chi connectivity index (χ3n) is 2.47. The van der Waals surface area contributed by atoms with Gasteiger partial charge >= 0.3 is 5.97 Å². The number of anilines is 1. The molecule has 6 nitrogen and oxygen atoms in total. The molecule has 0 bridgehead atoms. The molecule has 7 heteroatoms. The highest BCUT2D eigenvalue weighted by atomic mass is 32.2. The molecule has 0 amide bonds. The van der Waals surface area contributed by atoms with E-state index in [1.807, 2.05) is 0 Å². The van der Waals surface area contributed by atoms with Crippen molar-refractivity contribution in [3.8, 4) is 12.3 Å². The van der Waals surface area contributed by atoms with E-state index in [1.54, 1.807) is 6.92 Å². The number of hydrogen-bond acceptors (Lipinski definition) is 4. The van der Waals surface area contributed by atoms with E-state index in [0.29, 0.717) is 0 Å². The number of nitrogen functional groups attached to an aromatic ring is 1. The first kappa shape index (κ1) is 15.0. The first-order chi connectivity index (χ1) is 8.84. The third-order valence-corrected chi connectivity index (χ3v) is 4.43. The third kappa shape index (κ3) is 3.05. The average molecular weight is 282 g/mol. The van der Waals surface area contributed by atoms with Crippen molar-refractivity contribution in [1.82, 2.24) is 4.31 Å². The Morgan fingerprint density at radius 2 is 2.16 bits per heavy atom.